The summed E-state index contributed by atoms with van der Waals surface area (Å²) in [5, 5.41) is 9.59. The highest BCUT2D eigenvalue weighted by Gasteiger charge is 2.24. The molecule has 120 valence electrons. The summed E-state index contributed by atoms with van der Waals surface area (Å²) in [7, 11) is 0. The Morgan fingerprint density at radius 3 is 2.52 bits per heavy atom. The molecule has 1 atom stereocenters. The number of fused-ring (bicyclic) bond motifs is 1. The van der Waals surface area contributed by atoms with Crippen LogP contribution in [0.5, 0.6) is 0 Å². The number of benzene rings is 1. The molecule has 2 heterocycles. The molecular weight excluding hydrogens is 293 g/mol. The van der Waals surface area contributed by atoms with Crippen molar-refractivity contribution >= 4 is 5.95 Å². The summed E-state index contributed by atoms with van der Waals surface area (Å²) in [6, 6.07) is 7.42. The number of rotatable bonds is 4. The molecule has 0 saturated carbocycles. The summed E-state index contributed by atoms with van der Waals surface area (Å²) < 4.78 is 12.6. The standard InChI is InChI=1S/C18H20FN3O/c19-11-16(23)12-5-7-13(8-6-12)17-14-3-1-4-15(14)20-18(21-17)22-9-2-10-22/h5-8,16,23H,1-4,9-11H2. The topological polar surface area (TPSA) is 49.3 Å². The predicted octanol–water partition coefficient (Wildman–Crippen LogP) is 2.85. The summed E-state index contributed by atoms with van der Waals surface area (Å²) in [5.74, 6) is 0.833. The minimum Gasteiger partial charge on any atom is -0.386 e. The number of alkyl halides is 1. The summed E-state index contributed by atoms with van der Waals surface area (Å²) in [4.78, 5) is 11.8. The lowest BCUT2D eigenvalue weighted by Gasteiger charge is -2.31. The second-order valence-corrected chi connectivity index (χ2v) is 6.28. The highest BCUT2D eigenvalue weighted by atomic mass is 19.1. The molecule has 2 aromatic rings. The zero-order valence-corrected chi connectivity index (χ0v) is 13.0. The van der Waals surface area contributed by atoms with Crippen LogP contribution in [-0.2, 0) is 12.8 Å². The van der Waals surface area contributed by atoms with Gasteiger partial charge in [0.25, 0.3) is 0 Å². The molecule has 1 aliphatic carbocycles. The molecule has 23 heavy (non-hydrogen) atoms. The fourth-order valence-corrected chi connectivity index (χ4v) is 3.27. The first-order chi connectivity index (χ1) is 11.3. The van der Waals surface area contributed by atoms with Gasteiger partial charge in [-0.1, -0.05) is 24.3 Å². The number of halogens is 1. The minimum absolute atomic E-state index is 0.602. The first kappa shape index (κ1) is 14.6. The Morgan fingerprint density at radius 1 is 1.09 bits per heavy atom. The summed E-state index contributed by atoms with van der Waals surface area (Å²) in [6.45, 7) is 1.29. The van der Waals surface area contributed by atoms with Gasteiger partial charge in [-0.3, -0.25) is 0 Å². The van der Waals surface area contributed by atoms with E-state index in [1.54, 1.807) is 12.1 Å². The van der Waals surface area contributed by atoms with E-state index in [1.165, 1.54) is 17.7 Å². The van der Waals surface area contributed by atoms with Crippen molar-refractivity contribution in [3.8, 4) is 11.3 Å². The van der Waals surface area contributed by atoms with E-state index in [9.17, 15) is 9.50 Å². The number of aliphatic hydroxyl groups is 1. The molecule has 1 fully saturated rings. The van der Waals surface area contributed by atoms with Crippen LogP contribution in [-0.4, -0.2) is 34.8 Å². The lowest BCUT2D eigenvalue weighted by Crippen LogP contribution is -2.38. The molecule has 1 saturated heterocycles. The van der Waals surface area contributed by atoms with E-state index < -0.39 is 12.8 Å². The highest BCUT2D eigenvalue weighted by Crippen LogP contribution is 2.33. The molecule has 1 aliphatic heterocycles. The van der Waals surface area contributed by atoms with Gasteiger partial charge in [0.15, 0.2) is 0 Å². The molecule has 1 N–H and O–H groups in total. The van der Waals surface area contributed by atoms with Crippen LogP contribution in [0.25, 0.3) is 11.3 Å². The second kappa shape index (κ2) is 5.89. The first-order valence-electron chi connectivity index (χ1n) is 8.25. The smallest absolute Gasteiger partial charge is 0.226 e. The van der Waals surface area contributed by atoms with Crippen LogP contribution in [0.4, 0.5) is 10.3 Å². The van der Waals surface area contributed by atoms with Gasteiger partial charge >= 0.3 is 0 Å². The Hall–Kier alpha value is -2.01. The van der Waals surface area contributed by atoms with Gasteiger partial charge in [-0.25, -0.2) is 14.4 Å². The number of aryl methyl sites for hydroxylation is 1. The largest absolute Gasteiger partial charge is 0.386 e. The number of aromatic nitrogens is 2. The van der Waals surface area contributed by atoms with Crippen LogP contribution in [0, 0.1) is 0 Å². The van der Waals surface area contributed by atoms with Crippen LogP contribution in [0.1, 0.15) is 35.8 Å². The molecule has 1 aromatic carbocycles. The van der Waals surface area contributed by atoms with Crippen molar-refractivity contribution in [2.75, 3.05) is 24.7 Å². The van der Waals surface area contributed by atoms with Gasteiger partial charge in [0.05, 0.1) is 5.69 Å². The quantitative estimate of drug-likeness (QED) is 0.943. The van der Waals surface area contributed by atoms with Crippen molar-refractivity contribution in [3.05, 3.63) is 41.1 Å². The average molecular weight is 313 g/mol. The molecule has 1 aromatic heterocycles. The molecule has 0 amide bonds. The maximum absolute atomic E-state index is 12.6. The van der Waals surface area contributed by atoms with Crippen molar-refractivity contribution in [2.24, 2.45) is 0 Å². The van der Waals surface area contributed by atoms with E-state index in [1.807, 2.05) is 12.1 Å². The molecule has 4 rings (SSSR count). The monoisotopic (exact) mass is 313 g/mol. The SMILES string of the molecule is OC(CF)c1ccc(-c2nc(N3CCC3)nc3c2CCC3)cc1. The second-order valence-electron chi connectivity index (χ2n) is 6.28. The Kier molecular flexibility index (Phi) is 3.73. The number of anilines is 1. The van der Waals surface area contributed by atoms with Crippen LogP contribution >= 0.6 is 0 Å². The van der Waals surface area contributed by atoms with E-state index in [0.717, 1.165) is 49.6 Å². The van der Waals surface area contributed by atoms with Gasteiger partial charge in [0.2, 0.25) is 5.95 Å². The Bertz CT molecular complexity index is 713. The Morgan fingerprint density at radius 2 is 1.87 bits per heavy atom. The van der Waals surface area contributed by atoms with Crippen LogP contribution < -0.4 is 4.90 Å². The number of nitrogens with zero attached hydrogens (tertiary/aromatic N) is 3. The number of hydrogen-bond donors (Lipinski definition) is 1. The maximum atomic E-state index is 12.6. The summed E-state index contributed by atoms with van der Waals surface area (Å²) in [6.07, 6.45) is 3.31. The molecule has 0 bridgehead atoms. The van der Waals surface area contributed by atoms with Gasteiger partial charge in [0.1, 0.15) is 12.8 Å². The average Bonchev–Trinajstić information content (AvgIpc) is 3.00. The van der Waals surface area contributed by atoms with Crippen LogP contribution in [0.15, 0.2) is 24.3 Å². The third-order valence-corrected chi connectivity index (χ3v) is 4.78. The molecule has 2 aliphatic rings. The zero-order valence-electron chi connectivity index (χ0n) is 13.0. The van der Waals surface area contributed by atoms with Crippen molar-refractivity contribution < 1.29 is 9.50 Å². The van der Waals surface area contributed by atoms with E-state index in [-0.39, 0.29) is 0 Å². The third kappa shape index (κ3) is 2.59. The van der Waals surface area contributed by atoms with Gasteiger partial charge in [0, 0.05) is 29.9 Å². The van der Waals surface area contributed by atoms with Gasteiger partial charge in [-0.05, 0) is 31.2 Å². The number of aliphatic hydroxyl groups excluding tert-OH is 1. The van der Waals surface area contributed by atoms with Gasteiger partial charge in [-0.2, -0.15) is 0 Å². The maximum Gasteiger partial charge on any atom is 0.226 e. The lowest BCUT2D eigenvalue weighted by molar-refractivity contribution is 0.142. The van der Waals surface area contributed by atoms with Gasteiger partial charge < -0.3 is 10.0 Å². The molecule has 5 heteroatoms. The minimum atomic E-state index is -1.04. The van der Waals surface area contributed by atoms with Crippen molar-refractivity contribution in [1.29, 1.82) is 0 Å². The van der Waals surface area contributed by atoms with Crippen LogP contribution in [0.2, 0.25) is 0 Å². The molecule has 4 nitrogen and oxygen atoms in total. The van der Waals surface area contributed by atoms with E-state index >= 15 is 0 Å². The Balaban J connectivity index is 1.74. The van der Waals surface area contributed by atoms with E-state index in [4.69, 9.17) is 9.97 Å². The van der Waals surface area contributed by atoms with E-state index in [0.29, 0.717) is 5.56 Å². The lowest BCUT2D eigenvalue weighted by atomic mass is 10.0. The van der Waals surface area contributed by atoms with Crippen LogP contribution in [0.3, 0.4) is 0 Å². The first-order valence-corrected chi connectivity index (χ1v) is 8.25. The third-order valence-electron chi connectivity index (χ3n) is 4.78. The Labute approximate surface area is 135 Å². The highest BCUT2D eigenvalue weighted by molar-refractivity contribution is 5.67. The van der Waals surface area contributed by atoms with Crippen molar-refractivity contribution in [3.63, 3.8) is 0 Å². The molecular formula is C18H20FN3O. The summed E-state index contributed by atoms with van der Waals surface area (Å²) in [5.41, 5.74) is 5.03. The fraction of sp³-hybridized carbons (Fsp3) is 0.444. The molecule has 0 spiro atoms. The fourth-order valence-electron chi connectivity index (χ4n) is 3.27. The normalized spacial score (nSPS) is 17.7. The van der Waals surface area contributed by atoms with Crippen molar-refractivity contribution in [2.45, 2.75) is 31.8 Å². The summed E-state index contributed by atoms with van der Waals surface area (Å²) >= 11 is 0. The number of hydrogen-bond acceptors (Lipinski definition) is 4. The van der Waals surface area contributed by atoms with E-state index in [2.05, 4.69) is 4.90 Å². The molecule has 0 radical (unpaired) electrons. The van der Waals surface area contributed by atoms with Gasteiger partial charge in [-0.15, -0.1) is 0 Å². The zero-order chi connectivity index (χ0) is 15.8. The molecule has 1 unspecified atom stereocenters. The van der Waals surface area contributed by atoms with Crippen molar-refractivity contribution in [1.82, 2.24) is 9.97 Å². The predicted molar refractivity (Wildman–Crippen MR) is 87.3 cm³/mol.